The molecule has 1 saturated heterocycles. The van der Waals surface area contributed by atoms with Gasteiger partial charge in [0.15, 0.2) is 0 Å². The fraction of sp³-hybridized carbons (Fsp3) is 0.188. The van der Waals surface area contributed by atoms with Crippen molar-refractivity contribution in [2.75, 3.05) is 31.1 Å². The summed E-state index contributed by atoms with van der Waals surface area (Å²) in [5, 5.41) is 0.691. The Hall–Kier alpha value is -3.54. The number of hydrogen-bond donors (Lipinski definition) is 0. The lowest BCUT2D eigenvalue weighted by Gasteiger charge is -2.37. The molecule has 190 valence electrons. The molecule has 0 bridgehead atoms. The van der Waals surface area contributed by atoms with Crippen LogP contribution >= 0.6 is 23.4 Å². The predicted octanol–water partition coefficient (Wildman–Crippen LogP) is 7.55. The number of piperazine rings is 1. The van der Waals surface area contributed by atoms with Crippen molar-refractivity contribution in [2.45, 2.75) is 23.6 Å². The molecule has 6 heteroatoms. The maximum Gasteiger partial charge on any atom is 0.254 e. The number of carbonyl (C=O) groups excluding carboxylic acids is 1. The van der Waals surface area contributed by atoms with E-state index in [0.29, 0.717) is 23.7 Å². The third kappa shape index (κ3) is 4.84. The Morgan fingerprint density at radius 3 is 2.37 bits per heavy atom. The highest BCUT2D eigenvalue weighted by Crippen LogP contribution is 2.42. The second-order valence-corrected chi connectivity index (χ2v) is 11.3. The number of carbonyl (C=O) groups is 1. The minimum absolute atomic E-state index is 0.0584. The van der Waals surface area contributed by atoms with Crippen molar-refractivity contribution in [1.82, 2.24) is 4.90 Å². The zero-order valence-electron chi connectivity index (χ0n) is 21.4. The highest BCUT2D eigenvalue weighted by atomic mass is 35.5. The molecule has 0 aromatic heterocycles. The number of benzene rings is 4. The normalized spacial score (nSPS) is 14.9. The van der Waals surface area contributed by atoms with E-state index in [9.17, 15) is 4.79 Å². The van der Waals surface area contributed by atoms with Crippen LogP contribution < -0.4 is 4.90 Å². The van der Waals surface area contributed by atoms with E-state index >= 15 is 0 Å². The Bertz CT molecular complexity index is 1560. The van der Waals surface area contributed by atoms with E-state index in [1.807, 2.05) is 59.5 Å². The second kappa shape index (κ2) is 10.3. The number of hydrogen-bond acceptors (Lipinski definition) is 4. The lowest BCUT2D eigenvalue weighted by atomic mass is 10.0. The predicted molar refractivity (Wildman–Crippen MR) is 158 cm³/mol. The Morgan fingerprint density at radius 1 is 0.842 bits per heavy atom. The van der Waals surface area contributed by atoms with Gasteiger partial charge in [-0.3, -0.25) is 4.79 Å². The Kier molecular flexibility index (Phi) is 6.73. The van der Waals surface area contributed by atoms with Crippen molar-refractivity contribution >= 4 is 46.4 Å². The first kappa shape index (κ1) is 24.8. The van der Waals surface area contributed by atoms with Crippen molar-refractivity contribution < 1.29 is 4.79 Å². The molecule has 2 heterocycles. The van der Waals surface area contributed by atoms with Crippen LogP contribution in [0.1, 0.15) is 32.6 Å². The van der Waals surface area contributed by atoms with Crippen molar-refractivity contribution in [1.29, 1.82) is 0 Å². The van der Waals surface area contributed by atoms with Gasteiger partial charge in [-0.25, -0.2) is 4.99 Å². The topological polar surface area (TPSA) is 35.9 Å². The molecule has 0 unspecified atom stereocenters. The molecule has 0 saturated carbocycles. The molecule has 6 rings (SSSR count). The summed E-state index contributed by atoms with van der Waals surface area (Å²) in [5.74, 6) is 0.0584. The number of amides is 1. The molecular formula is C32H28ClN3OS. The Balaban J connectivity index is 1.27. The van der Waals surface area contributed by atoms with E-state index in [4.69, 9.17) is 16.6 Å². The van der Waals surface area contributed by atoms with E-state index in [0.717, 1.165) is 45.4 Å². The Labute approximate surface area is 233 Å². The SMILES string of the molecule is Cc1ccc(N2CCN(C(=O)c3ccc4c(c3)N=C(c3ccc(Cl)cc3)c3ccccc3S4)CC2)c(C)c1. The van der Waals surface area contributed by atoms with Crippen molar-refractivity contribution in [3.63, 3.8) is 0 Å². The fourth-order valence-electron chi connectivity index (χ4n) is 5.20. The van der Waals surface area contributed by atoms with E-state index in [2.05, 4.69) is 49.1 Å². The molecule has 2 aliphatic heterocycles. The number of rotatable bonds is 3. The summed E-state index contributed by atoms with van der Waals surface area (Å²) in [4.78, 5) is 25.2. The van der Waals surface area contributed by atoms with Crippen LogP contribution in [0.5, 0.6) is 0 Å². The van der Waals surface area contributed by atoms with Gasteiger partial charge in [0.2, 0.25) is 0 Å². The zero-order valence-corrected chi connectivity index (χ0v) is 23.0. The van der Waals surface area contributed by atoms with Crippen molar-refractivity contribution in [3.8, 4) is 0 Å². The van der Waals surface area contributed by atoms with Gasteiger partial charge in [-0.1, -0.05) is 71.4 Å². The zero-order chi connectivity index (χ0) is 26.2. The standard InChI is InChI=1S/C32H28ClN3OS/c1-21-7-13-28(22(2)19-21)35-15-17-36(18-16-35)32(37)24-10-14-30-27(20-24)34-31(23-8-11-25(33)12-9-23)26-5-3-4-6-29(26)38-30/h3-14,19-20H,15-18H2,1-2H3. The van der Waals surface area contributed by atoms with Gasteiger partial charge in [0.05, 0.1) is 11.4 Å². The highest BCUT2D eigenvalue weighted by Gasteiger charge is 2.25. The first-order chi connectivity index (χ1) is 18.5. The lowest BCUT2D eigenvalue weighted by molar-refractivity contribution is 0.0746. The molecule has 0 atom stereocenters. The van der Waals surface area contributed by atoms with Gasteiger partial charge in [0.1, 0.15) is 0 Å². The summed E-state index contributed by atoms with van der Waals surface area (Å²) >= 11 is 7.85. The largest absolute Gasteiger partial charge is 0.368 e. The molecule has 0 N–H and O–H groups in total. The molecule has 0 radical (unpaired) electrons. The monoisotopic (exact) mass is 537 g/mol. The number of nitrogens with zero attached hydrogens (tertiary/aromatic N) is 3. The van der Waals surface area contributed by atoms with Crippen LogP contribution in [0.2, 0.25) is 5.02 Å². The van der Waals surface area contributed by atoms with Crippen LogP contribution in [-0.2, 0) is 0 Å². The maximum atomic E-state index is 13.6. The molecule has 1 amide bonds. The van der Waals surface area contributed by atoms with E-state index < -0.39 is 0 Å². The fourth-order valence-corrected chi connectivity index (χ4v) is 6.32. The molecule has 4 nitrogen and oxygen atoms in total. The molecule has 0 aliphatic carbocycles. The molecule has 38 heavy (non-hydrogen) atoms. The van der Waals surface area contributed by atoms with Gasteiger partial charge in [0.25, 0.3) is 5.91 Å². The van der Waals surface area contributed by atoms with Crippen LogP contribution in [0.3, 0.4) is 0 Å². The summed E-state index contributed by atoms with van der Waals surface area (Å²) in [6, 6.07) is 28.6. The minimum atomic E-state index is 0.0584. The van der Waals surface area contributed by atoms with Gasteiger partial charge < -0.3 is 9.80 Å². The number of halogens is 1. The van der Waals surface area contributed by atoms with E-state index in [-0.39, 0.29) is 5.91 Å². The summed E-state index contributed by atoms with van der Waals surface area (Å²) in [6.45, 7) is 7.32. The lowest BCUT2D eigenvalue weighted by Crippen LogP contribution is -2.49. The second-order valence-electron chi connectivity index (χ2n) is 9.82. The number of aryl methyl sites for hydroxylation is 2. The molecule has 0 spiro atoms. The quantitative estimate of drug-likeness (QED) is 0.238. The molecule has 2 aliphatic rings. The average molecular weight is 538 g/mol. The molecule has 1 fully saturated rings. The van der Waals surface area contributed by atoms with Crippen LogP contribution in [-0.4, -0.2) is 42.7 Å². The van der Waals surface area contributed by atoms with Gasteiger partial charge in [-0.2, -0.15) is 0 Å². The molecule has 4 aromatic carbocycles. The van der Waals surface area contributed by atoms with Gasteiger partial charge in [0, 0.05) is 63.4 Å². The summed E-state index contributed by atoms with van der Waals surface area (Å²) < 4.78 is 0. The third-order valence-electron chi connectivity index (χ3n) is 7.18. The van der Waals surface area contributed by atoms with E-state index in [1.165, 1.54) is 16.8 Å². The number of fused-ring (bicyclic) bond motifs is 2. The average Bonchev–Trinajstić information content (AvgIpc) is 3.10. The van der Waals surface area contributed by atoms with Gasteiger partial charge in [-0.15, -0.1) is 0 Å². The summed E-state index contributed by atoms with van der Waals surface area (Å²) in [6.07, 6.45) is 0. The van der Waals surface area contributed by atoms with Crippen LogP contribution in [0, 0.1) is 13.8 Å². The first-order valence-corrected chi connectivity index (χ1v) is 14.0. The Morgan fingerprint density at radius 2 is 1.61 bits per heavy atom. The smallest absolute Gasteiger partial charge is 0.254 e. The molecular weight excluding hydrogens is 510 g/mol. The minimum Gasteiger partial charge on any atom is -0.368 e. The van der Waals surface area contributed by atoms with Gasteiger partial charge >= 0.3 is 0 Å². The van der Waals surface area contributed by atoms with Crippen molar-refractivity contribution in [2.24, 2.45) is 4.99 Å². The number of anilines is 1. The highest BCUT2D eigenvalue weighted by molar-refractivity contribution is 7.99. The maximum absolute atomic E-state index is 13.6. The first-order valence-electron chi connectivity index (χ1n) is 12.8. The van der Waals surface area contributed by atoms with Crippen molar-refractivity contribution in [3.05, 3.63) is 118 Å². The summed E-state index contributed by atoms with van der Waals surface area (Å²) in [5.41, 5.74) is 8.25. The molecule has 4 aromatic rings. The van der Waals surface area contributed by atoms with Crippen LogP contribution in [0.4, 0.5) is 11.4 Å². The third-order valence-corrected chi connectivity index (χ3v) is 8.57. The van der Waals surface area contributed by atoms with E-state index in [1.54, 1.807) is 11.8 Å². The number of aliphatic imine (C=N–C) groups is 1. The van der Waals surface area contributed by atoms with Crippen LogP contribution in [0.15, 0.2) is 99.7 Å². The van der Waals surface area contributed by atoms with Crippen LogP contribution in [0.25, 0.3) is 0 Å². The van der Waals surface area contributed by atoms with Gasteiger partial charge in [-0.05, 0) is 61.9 Å². The summed E-state index contributed by atoms with van der Waals surface area (Å²) in [7, 11) is 0.